The second-order valence-corrected chi connectivity index (χ2v) is 15.8. The van der Waals surface area contributed by atoms with E-state index in [1.54, 1.807) is 0 Å². The van der Waals surface area contributed by atoms with Gasteiger partial charge in [-0.15, -0.1) is 0 Å². The zero-order chi connectivity index (χ0) is 24.2. The van der Waals surface area contributed by atoms with E-state index in [2.05, 4.69) is 48.5 Å². The maximum absolute atomic E-state index is 11.0. The van der Waals surface area contributed by atoms with E-state index < -0.39 is 5.79 Å². The summed E-state index contributed by atoms with van der Waals surface area (Å²) in [6.07, 6.45) is 9.24. The summed E-state index contributed by atoms with van der Waals surface area (Å²) in [5.74, 6) is 2.32. The van der Waals surface area contributed by atoms with Gasteiger partial charge in [0.2, 0.25) is 0 Å². The number of hydrogen-bond donors (Lipinski definition) is 1. The van der Waals surface area contributed by atoms with Crippen molar-refractivity contribution in [3.05, 3.63) is 0 Å². The van der Waals surface area contributed by atoms with Crippen LogP contribution in [0.1, 0.15) is 99.8 Å². The van der Waals surface area contributed by atoms with Gasteiger partial charge in [-0.25, -0.2) is 0 Å². The number of aliphatic hydroxyl groups excluding tert-OH is 1. The number of ether oxygens (including phenoxy) is 3. The summed E-state index contributed by atoms with van der Waals surface area (Å²) >= 11 is 0. The number of hydrogen-bond acceptors (Lipinski definition) is 4. The molecule has 4 aliphatic carbocycles. The minimum absolute atomic E-state index is 0.00693. The molecule has 192 valence electrons. The molecule has 3 aliphatic heterocycles. The van der Waals surface area contributed by atoms with Crippen LogP contribution < -0.4 is 0 Å². The minimum atomic E-state index is -0.436. The van der Waals surface area contributed by atoms with Crippen molar-refractivity contribution in [2.24, 2.45) is 51.2 Å². The largest absolute Gasteiger partial charge is 0.393 e. The number of aliphatic hydroxyl groups is 1. The molecule has 0 radical (unpaired) electrons. The van der Waals surface area contributed by atoms with Gasteiger partial charge in [-0.1, -0.05) is 27.7 Å². The van der Waals surface area contributed by atoms with E-state index in [9.17, 15) is 5.11 Å². The second-order valence-electron chi connectivity index (χ2n) is 15.8. The minimum Gasteiger partial charge on any atom is -0.393 e. The van der Waals surface area contributed by atoms with Gasteiger partial charge in [0.15, 0.2) is 5.79 Å². The van der Waals surface area contributed by atoms with Crippen molar-refractivity contribution in [1.29, 1.82) is 0 Å². The maximum Gasteiger partial charge on any atom is 0.174 e. The van der Waals surface area contributed by atoms with E-state index in [0.29, 0.717) is 35.0 Å². The molecule has 4 nitrogen and oxygen atoms in total. The smallest absolute Gasteiger partial charge is 0.174 e. The standard InChI is InChI=1S/C30H48O4/c1-24(2)14-18-15-32-30-16-29(17-33-30)19(23(30)28(18,7)34-24)8-9-21-26(5)12-11-22(31)25(3,4)20(26)10-13-27(21,29)6/h18-23,31H,8-17H2,1-7H3. The summed E-state index contributed by atoms with van der Waals surface area (Å²) in [5.41, 5.74) is 0.553. The maximum atomic E-state index is 11.0. The SMILES string of the molecule is CC1(C)CC2COC34CC5(CO3)C(CCC3C6(C)CCC(O)C(C)(C)C6CCC35C)C4C2(C)O1. The first-order chi connectivity index (χ1) is 15.7. The molecule has 0 aromatic carbocycles. The Morgan fingerprint density at radius 3 is 2.35 bits per heavy atom. The van der Waals surface area contributed by atoms with Crippen LogP contribution in [0.15, 0.2) is 0 Å². The third-order valence-corrected chi connectivity index (χ3v) is 13.8. The first-order valence-corrected chi connectivity index (χ1v) is 14.4. The summed E-state index contributed by atoms with van der Waals surface area (Å²) in [5, 5.41) is 11.0. The summed E-state index contributed by atoms with van der Waals surface area (Å²) in [6.45, 7) is 18.6. The van der Waals surface area contributed by atoms with Crippen LogP contribution in [0.3, 0.4) is 0 Å². The van der Waals surface area contributed by atoms with Crippen molar-refractivity contribution in [3.8, 4) is 0 Å². The lowest BCUT2D eigenvalue weighted by molar-refractivity contribution is -0.342. The Bertz CT molecular complexity index is 913. The van der Waals surface area contributed by atoms with Crippen molar-refractivity contribution in [1.82, 2.24) is 0 Å². The van der Waals surface area contributed by atoms with Crippen molar-refractivity contribution < 1.29 is 19.3 Å². The fraction of sp³-hybridized carbons (Fsp3) is 1.00. The summed E-state index contributed by atoms with van der Waals surface area (Å²) in [7, 11) is 0. The molecule has 7 rings (SSSR count). The van der Waals surface area contributed by atoms with Crippen LogP contribution in [0, 0.1) is 51.2 Å². The third-order valence-electron chi connectivity index (χ3n) is 13.8. The highest BCUT2D eigenvalue weighted by atomic mass is 16.7. The Morgan fingerprint density at radius 1 is 0.824 bits per heavy atom. The van der Waals surface area contributed by atoms with E-state index in [1.807, 2.05) is 0 Å². The Labute approximate surface area is 206 Å². The van der Waals surface area contributed by atoms with Crippen molar-refractivity contribution in [3.63, 3.8) is 0 Å². The normalized spacial score (nSPS) is 62.8. The van der Waals surface area contributed by atoms with Gasteiger partial charge in [0.25, 0.3) is 0 Å². The van der Waals surface area contributed by atoms with E-state index >= 15 is 0 Å². The zero-order valence-corrected chi connectivity index (χ0v) is 22.7. The molecule has 2 bridgehead atoms. The van der Waals surface area contributed by atoms with Gasteiger partial charge >= 0.3 is 0 Å². The van der Waals surface area contributed by atoms with E-state index in [4.69, 9.17) is 14.2 Å². The summed E-state index contributed by atoms with van der Waals surface area (Å²) < 4.78 is 20.6. The second kappa shape index (κ2) is 6.27. The Balaban J connectivity index is 1.31. The first-order valence-electron chi connectivity index (χ1n) is 14.4. The molecule has 0 amide bonds. The van der Waals surface area contributed by atoms with Gasteiger partial charge in [-0.2, -0.15) is 0 Å². The van der Waals surface area contributed by atoms with Crippen LogP contribution in [-0.4, -0.2) is 41.4 Å². The molecule has 3 saturated heterocycles. The third kappa shape index (κ3) is 2.34. The molecule has 11 unspecified atom stereocenters. The lowest BCUT2D eigenvalue weighted by Gasteiger charge is -2.70. The molecule has 7 fully saturated rings. The fourth-order valence-corrected chi connectivity index (χ4v) is 12.5. The van der Waals surface area contributed by atoms with Gasteiger partial charge < -0.3 is 19.3 Å². The van der Waals surface area contributed by atoms with Gasteiger partial charge in [0, 0.05) is 23.7 Å². The van der Waals surface area contributed by atoms with Crippen molar-refractivity contribution >= 4 is 0 Å². The van der Waals surface area contributed by atoms with Crippen LogP contribution in [0.25, 0.3) is 0 Å². The lowest BCUT2D eigenvalue weighted by Crippen LogP contribution is -2.67. The van der Waals surface area contributed by atoms with E-state index in [-0.39, 0.29) is 33.6 Å². The van der Waals surface area contributed by atoms with Crippen molar-refractivity contribution in [2.75, 3.05) is 13.2 Å². The number of fused-ring (bicyclic) bond motifs is 6. The highest BCUT2D eigenvalue weighted by Gasteiger charge is 2.82. The van der Waals surface area contributed by atoms with Gasteiger partial charge in [0.1, 0.15) is 0 Å². The highest BCUT2D eigenvalue weighted by Crippen LogP contribution is 2.81. The number of rotatable bonds is 0. The Hall–Kier alpha value is -0.160. The molecule has 2 spiro atoms. The molecule has 7 aliphatic rings. The Morgan fingerprint density at radius 2 is 1.59 bits per heavy atom. The Kier molecular flexibility index (Phi) is 4.24. The monoisotopic (exact) mass is 472 g/mol. The zero-order valence-electron chi connectivity index (χ0n) is 22.7. The lowest BCUT2D eigenvalue weighted by atomic mass is 9.35. The molecule has 0 aromatic rings. The van der Waals surface area contributed by atoms with Crippen molar-refractivity contribution in [2.45, 2.75) is 123 Å². The molecule has 11 atom stereocenters. The average molecular weight is 473 g/mol. The predicted octanol–water partition coefficient (Wildman–Crippen LogP) is 5.95. The summed E-state index contributed by atoms with van der Waals surface area (Å²) in [4.78, 5) is 0. The molecule has 4 heteroatoms. The predicted molar refractivity (Wildman–Crippen MR) is 131 cm³/mol. The molecular formula is C30H48O4. The fourth-order valence-electron chi connectivity index (χ4n) is 12.5. The van der Waals surface area contributed by atoms with Crippen LogP contribution in [-0.2, 0) is 14.2 Å². The van der Waals surface area contributed by atoms with Crippen LogP contribution >= 0.6 is 0 Å². The molecule has 4 saturated carbocycles. The first kappa shape index (κ1) is 23.0. The highest BCUT2D eigenvalue weighted by molar-refractivity contribution is 5.27. The van der Waals surface area contributed by atoms with Gasteiger partial charge in [0.05, 0.1) is 30.5 Å². The molecule has 0 aromatic heterocycles. The van der Waals surface area contributed by atoms with Crippen LogP contribution in [0.5, 0.6) is 0 Å². The topological polar surface area (TPSA) is 47.9 Å². The molecular weight excluding hydrogens is 424 g/mol. The molecule has 3 heterocycles. The molecule has 34 heavy (non-hydrogen) atoms. The van der Waals surface area contributed by atoms with Crippen LogP contribution in [0.4, 0.5) is 0 Å². The van der Waals surface area contributed by atoms with Gasteiger partial charge in [-0.3, -0.25) is 0 Å². The van der Waals surface area contributed by atoms with Gasteiger partial charge in [-0.05, 0) is 99.7 Å². The average Bonchev–Trinajstić information content (AvgIpc) is 3.34. The van der Waals surface area contributed by atoms with E-state index in [0.717, 1.165) is 32.5 Å². The van der Waals surface area contributed by atoms with E-state index in [1.165, 1.54) is 32.1 Å². The summed E-state index contributed by atoms with van der Waals surface area (Å²) in [6, 6.07) is 0. The molecule has 1 N–H and O–H groups in total. The van der Waals surface area contributed by atoms with Crippen LogP contribution in [0.2, 0.25) is 0 Å². The quantitative estimate of drug-likeness (QED) is 0.473.